The van der Waals surface area contributed by atoms with Gasteiger partial charge in [0.25, 0.3) is 0 Å². The standard InChI is InChI=1S/C21H26ClNO/c1-21(2)19(14-4-3-5-17(22)11-14)23(20(21)24)18-15-7-12-6-13(9-15)10-16(18)8-12/h3-5,11-13,15-16,18-19H,6-10H2,1-2H3. The molecule has 1 heterocycles. The van der Waals surface area contributed by atoms with Gasteiger partial charge in [0.05, 0.1) is 11.5 Å². The number of benzene rings is 1. The van der Waals surface area contributed by atoms with E-state index in [4.69, 9.17) is 11.6 Å². The van der Waals surface area contributed by atoms with E-state index in [2.05, 4.69) is 30.9 Å². The summed E-state index contributed by atoms with van der Waals surface area (Å²) in [4.78, 5) is 15.3. The average Bonchev–Trinajstić information content (AvgIpc) is 2.52. The molecule has 5 fully saturated rings. The van der Waals surface area contributed by atoms with Gasteiger partial charge in [0, 0.05) is 11.1 Å². The summed E-state index contributed by atoms with van der Waals surface area (Å²) in [5, 5.41) is 0.771. The van der Waals surface area contributed by atoms with Crippen LogP contribution in [0.15, 0.2) is 24.3 Å². The molecule has 1 atom stereocenters. The van der Waals surface area contributed by atoms with Crippen molar-refractivity contribution < 1.29 is 4.79 Å². The van der Waals surface area contributed by atoms with Gasteiger partial charge < -0.3 is 4.90 Å². The van der Waals surface area contributed by atoms with Crippen LogP contribution in [0.3, 0.4) is 0 Å². The number of hydrogen-bond acceptors (Lipinski definition) is 1. The number of carbonyl (C=O) groups excluding carboxylic acids is 1. The zero-order valence-electron chi connectivity index (χ0n) is 14.5. The van der Waals surface area contributed by atoms with Crippen LogP contribution in [0.1, 0.15) is 57.6 Å². The summed E-state index contributed by atoms with van der Waals surface area (Å²) in [6, 6.07) is 8.81. The smallest absolute Gasteiger partial charge is 0.231 e. The lowest BCUT2D eigenvalue weighted by molar-refractivity contribution is -0.191. The van der Waals surface area contributed by atoms with Gasteiger partial charge in [-0.05, 0) is 87.3 Å². The summed E-state index contributed by atoms with van der Waals surface area (Å²) < 4.78 is 0. The number of halogens is 1. The quantitative estimate of drug-likeness (QED) is 0.686. The fourth-order valence-electron chi connectivity index (χ4n) is 6.76. The molecule has 1 saturated heterocycles. The van der Waals surface area contributed by atoms with E-state index in [0.29, 0.717) is 11.9 Å². The molecule has 2 nitrogen and oxygen atoms in total. The van der Waals surface area contributed by atoms with Crippen LogP contribution in [0.4, 0.5) is 0 Å². The zero-order chi connectivity index (χ0) is 16.6. The van der Waals surface area contributed by atoms with E-state index in [1.54, 1.807) is 0 Å². The molecule has 1 unspecified atom stereocenters. The minimum absolute atomic E-state index is 0.186. The number of β-lactam (4-membered cyclic amide) rings is 1. The Kier molecular flexibility index (Phi) is 3.18. The molecule has 4 saturated carbocycles. The number of likely N-dealkylation sites (tertiary alicyclic amines) is 1. The fourth-order valence-corrected chi connectivity index (χ4v) is 6.96. The van der Waals surface area contributed by atoms with Crippen molar-refractivity contribution in [2.75, 3.05) is 0 Å². The van der Waals surface area contributed by atoms with Gasteiger partial charge in [-0.1, -0.05) is 23.7 Å². The molecular weight excluding hydrogens is 318 g/mol. The SMILES string of the molecule is CC1(C)C(=O)N(C2C3CC4CC(C3)CC2C4)C1c1cccc(Cl)c1. The topological polar surface area (TPSA) is 20.3 Å². The van der Waals surface area contributed by atoms with Gasteiger partial charge in [0.1, 0.15) is 0 Å². The van der Waals surface area contributed by atoms with Crippen molar-refractivity contribution in [3.05, 3.63) is 34.9 Å². The molecule has 3 heteroatoms. The highest BCUT2D eigenvalue weighted by Crippen LogP contribution is 2.60. The first kappa shape index (κ1) is 15.3. The summed E-state index contributed by atoms with van der Waals surface area (Å²) in [6.45, 7) is 4.21. The predicted molar refractivity (Wildman–Crippen MR) is 95.7 cm³/mol. The number of nitrogens with zero attached hydrogens (tertiary/aromatic N) is 1. The Labute approximate surface area is 149 Å². The minimum atomic E-state index is -0.306. The van der Waals surface area contributed by atoms with E-state index in [9.17, 15) is 4.79 Å². The summed E-state index contributed by atoms with van der Waals surface area (Å²) in [6.07, 6.45) is 6.86. The number of hydrogen-bond donors (Lipinski definition) is 0. The molecular formula is C21H26ClNO. The molecule has 0 N–H and O–H groups in total. The van der Waals surface area contributed by atoms with Crippen molar-refractivity contribution in [3.63, 3.8) is 0 Å². The Bertz CT molecular complexity index is 669. The third-order valence-corrected chi connectivity index (χ3v) is 7.65. The lowest BCUT2D eigenvalue weighted by atomic mass is 9.52. The maximum Gasteiger partial charge on any atom is 0.231 e. The third-order valence-electron chi connectivity index (χ3n) is 7.41. The third kappa shape index (κ3) is 1.98. The van der Waals surface area contributed by atoms with Crippen molar-refractivity contribution in [2.24, 2.45) is 29.1 Å². The number of amides is 1. The van der Waals surface area contributed by atoms with E-state index in [-0.39, 0.29) is 11.5 Å². The van der Waals surface area contributed by atoms with Crippen LogP contribution < -0.4 is 0 Å². The molecule has 0 aromatic heterocycles. The van der Waals surface area contributed by atoms with E-state index in [0.717, 1.165) is 28.7 Å². The average molecular weight is 344 g/mol. The Balaban J connectivity index is 1.51. The van der Waals surface area contributed by atoms with Crippen LogP contribution in [-0.2, 0) is 4.79 Å². The molecule has 1 aromatic rings. The molecule has 1 aromatic carbocycles. The Morgan fingerprint density at radius 2 is 1.67 bits per heavy atom. The van der Waals surface area contributed by atoms with Crippen LogP contribution in [-0.4, -0.2) is 16.8 Å². The second-order valence-corrected chi connectivity index (χ2v) is 9.75. The fraction of sp³-hybridized carbons (Fsp3) is 0.667. The van der Waals surface area contributed by atoms with Crippen LogP contribution >= 0.6 is 11.6 Å². The molecule has 24 heavy (non-hydrogen) atoms. The minimum Gasteiger partial charge on any atom is -0.331 e. The van der Waals surface area contributed by atoms with Gasteiger partial charge in [-0.15, -0.1) is 0 Å². The van der Waals surface area contributed by atoms with E-state index >= 15 is 0 Å². The normalized spacial score (nSPS) is 42.3. The van der Waals surface area contributed by atoms with Crippen molar-refractivity contribution in [3.8, 4) is 0 Å². The monoisotopic (exact) mass is 343 g/mol. The van der Waals surface area contributed by atoms with Crippen molar-refractivity contribution in [1.29, 1.82) is 0 Å². The van der Waals surface area contributed by atoms with Crippen LogP contribution in [0.2, 0.25) is 5.02 Å². The predicted octanol–water partition coefficient (Wildman–Crippen LogP) is 5.07. The first-order valence-corrected chi connectivity index (χ1v) is 9.91. The highest BCUT2D eigenvalue weighted by Gasteiger charge is 2.61. The first-order chi connectivity index (χ1) is 11.4. The van der Waals surface area contributed by atoms with Gasteiger partial charge in [0.2, 0.25) is 5.91 Å². The lowest BCUT2D eigenvalue weighted by Crippen LogP contribution is -2.69. The second kappa shape index (κ2) is 5.00. The molecule has 0 radical (unpaired) electrons. The van der Waals surface area contributed by atoms with Gasteiger partial charge in [0.15, 0.2) is 0 Å². The van der Waals surface area contributed by atoms with Crippen LogP contribution in [0.25, 0.3) is 0 Å². The van der Waals surface area contributed by atoms with E-state index in [1.807, 2.05) is 12.1 Å². The maximum absolute atomic E-state index is 13.1. The molecule has 0 spiro atoms. The molecule has 4 bridgehead atoms. The van der Waals surface area contributed by atoms with E-state index < -0.39 is 0 Å². The molecule has 1 amide bonds. The van der Waals surface area contributed by atoms with E-state index in [1.165, 1.54) is 37.7 Å². The summed E-state index contributed by atoms with van der Waals surface area (Å²) in [5.74, 6) is 3.71. The molecule has 1 aliphatic heterocycles. The number of carbonyl (C=O) groups is 1. The van der Waals surface area contributed by atoms with Crippen LogP contribution in [0.5, 0.6) is 0 Å². The highest BCUT2D eigenvalue weighted by molar-refractivity contribution is 6.30. The highest BCUT2D eigenvalue weighted by atomic mass is 35.5. The van der Waals surface area contributed by atoms with Crippen LogP contribution in [0, 0.1) is 29.1 Å². The summed E-state index contributed by atoms with van der Waals surface area (Å²) in [5.41, 5.74) is 0.903. The largest absolute Gasteiger partial charge is 0.331 e. The molecule has 6 rings (SSSR count). The molecule has 5 aliphatic rings. The summed E-state index contributed by atoms with van der Waals surface area (Å²) >= 11 is 6.25. The Morgan fingerprint density at radius 3 is 2.25 bits per heavy atom. The summed E-state index contributed by atoms with van der Waals surface area (Å²) in [7, 11) is 0. The maximum atomic E-state index is 13.1. The lowest BCUT2D eigenvalue weighted by Gasteiger charge is -2.64. The van der Waals surface area contributed by atoms with Crippen molar-refractivity contribution >= 4 is 17.5 Å². The zero-order valence-corrected chi connectivity index (χ0v) is 15.3. The second-order valence-electron chi connectivity index (χ2n) is 9.31. The Hall–Kier alpha value is -1.02. The van der Waals surface area contributed by atoms with Crippen molar-refractivity contribution in [2.45, 2.75) is 58.0 Å². The van der Waals surface area contributed by atoms with Gasteiger partial charge in [-0.2, -0.15) is 0 Å². The first-order valence-electron chi connectivity index (χ1n) is 9.53. The van der Waals surface area contributed by atoms with Crippen molar-refractivity contribution in [1.82, 2.24) is 4.90 Å². The van der Waals surface area contributed by atoms with Gasteiger partial charge in [-0.25, -0.2) is 0 Å². The van der Waals surface area contributed by atoms with Gasteiger partial charge in [-0.3, -0.25) is 4.79 Å². The molecule has 128 valence electrons. The van der Waals surface area contributed by atoms with Gasteiger partial charge >= 0.3 is 0 Å². The Morgan fingerprint density at radius 1 is 1.04 bits per heavy atom. The number of rotatable bonds is 2. The molecule has 4 aliphatic carbocycles.